The number of amides is 1. The smallest absolute Gasteiger partial charge is 0.234 e. The van der Waals surface area contributed by atoms with Gasteiger partial charge in [-0.05, 0) is 18.6 Å². The van der Waals surface area contributed by atoms with Gasteiger partial charge in [0.05, 0.1) is 10.9 Å². The van der Waals surface area contributed by atoms with Crippen LogP contribution in [0.2, 0.25) is 0 Å². The van der Waals surface area contributed by atoms with Crippen molar-refractivity contribution in [2.24, 2.45) is 11.7 Å². The lowest BCUT2D eigenvalue weighted by molar-refractivity contribution is -0.118. The number of nitrogens with one attached hydrogen (secondary N) is 1. The molecule has 0 fully saturated rings. The van der Waals surface area contributed by atoms with E-state index in [1.165, 1.54) is 0 Å². The minimum Gasteiger partial charge on any atom is -0.393 e. The van der Waals surface area contributed by atoms with E-state index in [0.717, 1.165) is 24.6 Å². The largest absolute Gasteiger partial charge is 0.393 e. The van der Waals surface area contributed by atoms with E-state index in [0.29, 0.717) is 6.42 Å². The first-order chi connectivity index (χ1) is 8.43. The maximum absolute atomic E-state index is 12.9. The topological polar surface area (TPSA) is 55.1 Å². The Balaban J connectivity index is 2.82. The second-order valence-corrected chi connectivity index (χ2v) is 4.36. The van der Waals surface area contributed by atoms with Crippen molar-refractivity contribution in [3.05, 3.63) is 29.8 Å². The lowest BCUT2D eigenvalue weighted by atomic mass is 10.0. The molecule has 0 aliphatic heterocycles. The molecule has 0 aromatic heterocycles. The van der Waals surface area contributed by atoms with Crippen molar-refractivity contribution in [3.8, 4) is 0 Å². The molecule has 1 unspecified atom stereocenters. The number of halogens is 2. The molecule has 6 heteroatoms. The Hall–Kier alpha value is -1.56. The quantitative estimate of drug-likeness (QED) is 0.810. The number of hydrogen-bond acceptors (Lipinski definition) is 2. The van der Waals surface area contributed by atoms with Crippen LogP contribution in [0.3, 0.4) is 0 Å². The van der Waals surface area contributed by atoms with Gasteiger partial charge in [-0.3, -0.25) is 4.79 Å². The first kappa shape index (κ1) is 14.5. The summed E-state index contributed by atoms with van der Waals surface area (Å²) in [4.78, 5) is 11.9. The summed E-state index contributed by atoms with van der Waals surface area (Å²) < 4.78 is 25.9. The summed E-state index contributed by atoms with van der Waals surface area (Å²) in [5.41, 5.74) is 5.51. The summed E-state index contributed by atoms with van der Waals surface area (Å²) in [5, 5.41) is 2.40. The highest BCUT2D eigenvalue weighted by Crippen LogP contribution is 2.15. The first-order valence-corrected chi connectivity index (χ1v) is 5.91. The summed E-state index contributed by atoms with van der Waals surface area (Å²) in [6, 6.07) is 2.79. The Labute approximate surface area is 109 Å². The van der Waals surface area contributed by atoms with Gasteiger partial charge in [-0.15, -0.1) is 0 Å². The summed E-state index contributed by atoms with van der Waals surface area (Å²) in [5.74, 6) is -2.59. The maximum atomic E-state index is 12.9. The fourth-order valence-electron chi connectivity index (χ4n) is 1.55. The maximum Gasteiger partial charge on any atom is 0.234 e. The number of carbonyl (C=O) groups excluding carboxylic acids is 1. The summed E-state index contributed by atoms with van der Waals surface area (Å²) in [7, 11) is 0. The van der Waals surface area contributed by atoms with Crippen molar-refractivity contribution in [3.63, 3.8) is 0 Å². The van der Waals surface area contributed by atoms with Crippen molar-refractivity contribution >= 4 is 28.8 Å². The minimum absolute atomic E-state index is 0.0508. The van der Waals surface area contributed by atoms with Crippen LogP contribution in [-0.2, 0) is 4.79 Å². The van der Waals surface area contributed by atoms with E-state index in [1.54, 1.807) is 0 Å². The van der Waals surface area contributed by atoms with Gasteiger partial charge in [0.1, 0.15) is 11.6 Å². The van der Waals surface area contributed by atoms with Crippen LogP contribution in [0, 0.1) is 17.6 Å². The molecule has 0 heterocycles. The molecule has 0 aliphatic carbocycles. The molecule has 0 saturated heterocycles. The van der Waals surface area contributed by atoms with Crippen molar-refractivity contribution < 1.29 is 13.6 Å². The van der Waals surface area contributed by atoms with Gasteiger partial charge in [-0.1, -0.05) is 25.6 Å². The fraction of sp³-hybridized carbons (Fsp3) is 0.333. The van der Waals surface area contributed by atoms with E-state index in [-0.39, 0.29) is 10.7 Å². The monoisotopic (exact) mass is 272 g/mol. The van der Waals surface area contributed by atoms with Crippen LogP contribution in [0.5, 0.6) is 0 Å². The van der Waals surface area contributed by atoms with Crippen LogP contribution in [0.4, 0.5) is 14.5 Å². The molecule has 0 saturated carbocycles. The molecule has 0 bridgehead atoms. The van der Waals surface area contributed by atoms with Gasteiger partial charge in [-0.25, -0.2) is 8.78 Å². The van der Waals surface area contributed by atoms with E-state index in [4.69, 9.17) is 18.0 Å². The van der Waals surface area contributed by atoms with Gasteiger partial charge in [-0.2, -0.15) is 0 Å². The molecular formula is C12H14F2N2OS. The third-order valence-electron chi connectivity index (χ3n) is 2.37. The number of carbonyl (C=O) groups is 1. The molecule has 1 aromatic carbocycles. The molecular weight excluding hydrogens is 258 g/mol. The van der Waals surface area contributed by atoms with E-state index in [1.807, 2.05) is 6.92 Å². The highest BCUT2D eigenvalue weighted by atomic mass is 32.1. The van der Waals surface area contributed by atoms with Crippen molar-refractivity contribution in [1.82, 2.24) is 0 Å². The van der Waals surface area contributed by atoms with Gasteiger partial charge in [0.25, 0.3) is 0 Å². The highest BCUT2D eigenvalue weighted by Gasteiger charge is 2.20. The normalized spacial score (nSPS) is 11.9. The SMILES string of the molecule is CCCC(C(=O)Nc1cc(F)cc(F)c1)C(N)=S. The third-order valence-corrected chi connectivity index (χ3v) is 2.65. The predicted octanol–water partition coefficient (Wildman–Crippen LogP) is 2.61. The molecule has 1 amide bonds. The van der Waals surface area contributed by atoms with E-state index >= 15 is 0 Å². The number of nitrogens with two attached hydrogens (primary N) is 1. The lowest BCUT2D eigenvalue weighted by Gasteiger charge is -2.14. The van der Waals surface area contributed by atoms with Gasteiger partial charge in [0.15, 0.2) is 0 Å². The average molecular weight is 272 g/mol. The molecule has 3 N–H and O–H groups in total. The molecule has 0 aliphatic rings. The number of hydrogen-bond donors (Lipinski definition) is 2. The average Bonchev–Trinajstić information content (AvgIpc) is 2.23. The molecule has 3 nitrogen and oxygen atoms in total. The Kier molecular flexibility index (Phi) is 5.15. The molecule has 0 spiro atoms. The molecule has 98 valence electrons. The van der Waals surface area contributed by atoms with Gasteiger partial charge in [0, 0.05) is 11.8 Å². The molecule has 0 radical (unpaired) electrons. The van der Waals surface area contributed by atoms with E-state index in [9.17, 15) is 13.6 Å². The zero-order valence-corrected chi connectivity index (χ0v) is 10.7. The highest BCUT2D eigenvalue weighted by molar-refractivity contribution is 7.80. The first-order valence-electron chi connectivity index (χ1n) is 5.50. The zero-order valence-electron chi connectivity index (χ0n) is 9.87. The Morgan fingerprint density at radius 2 is 1.94 bits per heavy atom. The lowest BCUT2D eigenvalue weighted by Crippen LogP contribution is -2.33. The van der Waals surface area contributed by atoms with Crippen LogP contribution < -0.4 is 11.1 Å². The zero-order chi connectivity index (χ0) is 13.7. The summed E-state index contributed by atoms with van der Waals surface area (Å²) in [6.07, 6.45) is 1.23. The number of benzene rings is 1. The molecule has 1 rings (SSSR count). The molecule has 18 heavy (non-hydrogen) atoms. The van der Waals surface area contributed by atoms with Crippen LogP contribution in [-0.4, -0.2) is 10.9 Å². The Morgan fingerprint density at radius 1 is 1.39 bits per heavy atom. The van der Waals surface area contributed by atoms with E-state index < -0.39 is 23.5 Å². The predicted molar refractivity (Wildman–Crippen MR) is 70.2 cm³/mol. The van der Waals surface area contributed by atoms with Crippen LogP contribution in [0.25, 0.3) is 0 Å². The van der Waals surface area contributed by atoms with E-state index in [2.05, 4.69) is 5.32 Å². The number of thiocarbonyl (C=S) groups is 1. The summed E-state index contributed by atoms with van der Waals surface area (Å²) >= 11 is 4.80. The van der Waals surface area contributed by atoms with Gasteiger partial charge < -0.3 is 11.1 Å². The van der Waals surface area contributed by atoms with Gasteiger partial charge >= 0.3 is 0 Å². The Bertz CT molecular complexity index is 445. The van der Waals surface area contributed by atoms with Gasteiger partial charge in [0.2, 0.25) is 5.91 Å². The van der Waals surface area contributed by atoms with Crippen molar-refractivity contribution in [1.29, 1.82) is 0 Å². The van der Waals surface area contributed by atoms with Crippen LogP contribution in [0.15, 0.2) is 18.2 Å². The standard InChI is InChI=1S/C12H14F2N2OS/c1-2-3-10(11(15)18)12(17)16-9-5-7(13)4-8(14)6-9/h4-6,10H,2-3H2,1H3,(H2,15,18)(H,16,17). The summed E-state index contributed by atoms with van der Waals surface area (Å²) in [6.45, 7) is 1.89. The Morgan fingerprint density at radius 3 is 2.39 bits per heavy atom. The van der Waals surface area contributed by atoms with Crippen molar-refractivity contribution in [2.75, 3.05) is 5.32 Å². The fourth-order valence-corrected chi connectivity index (χ4v) is 1.77. The number of rotatable bonds is 5. The second kappa shape index (κ2) is 6.39. The van der Waals surface area contributed by atoms with Crippen molar-refractivity contribution in [2.45, 2.75) is 19.8 Å². The van der Waals surface area contributed by atoms with Crippen LogP contribution in [0.1, 0.15) is 19.8 Å². The third kappa shape index (κ3) is 4.03. The van der Waals surface area contributed by atoms with Crippen LogP contribution >= 0.6 is 12.2 Å². The number of anilines is 1. The molecule has 1 atom stereocenters. The second-order valence-electron chi connectivity index (χ2n) is 3.89. The molecule has 1 aromatic rings. The minimum atomic E-state index is -0.757.